The summed E-state index contributed by atoms with van der Waals surface area (Å²) < 4.78 is 1.29. The summed E-state index contributed by atoms with van der Waals surface area (Å²) >= 11 is 0. The van der Waals surface area contributed by atoms with E-state index >= 15 is 0 Å². The fraction of sp³-hybridized carbons (Fsp3) is 0.667. The molecule has 8 nitrogen and oxygen atoms in total. The summed E-state index contributed by atoms with van der Waals surface area (Å²) in [6.45, 7) is 2.88. The molecular formula is C15H24N4O4. The summed E-state index contributed by atoms with van der Waals surface area (Å²) in [6, 6.07) is 0.638. The van der Waals surface area contributed by atoms with Gasteiger partial charge in [0.2, 0.25) is 5.91 Å². The molecule has 0 spiro atoms. The number of carbonyl (C=O) groups excluding carboxylic acids is 1. The zero-order chi connectivity index (χ0) is 17.0. The molecule has 1 aromatic heterocycles. The number of amides is 1. The number of nitrogens with zero attached hydrogens (tertiary/aromatic N) is 2. The van der Waals surface area contributed by atoms with E-state index in [2.05, 4.69) is 4.98 Å². The van der Waals surface area contributed by atoms with Gasteiger partial charge >= 0.3 is 5.69 Å². The van der Waals surface area contributed by atoms with Crippen LogP contribution in [0.3, 0.4) is 0 Å². The number of nitrogens with two attached hydrogens (primary N) is 1. The Kier molecular flexibility index (Phi) is 5.38. The maximum Gasteiger partial charge on any atom is 0.328 e. The fourth-order valence-corrected chi connectivity index (χ4v) is 2.89. The highest BCUT2D eigenvalue weighted by Gasteiger charge is 2.40. The normalized spacial score (nSPS) is 24.7. The van der Waals surface area contributed by atoms with Crippen LogP contribution < -0.4 is 17.0 Å². The number of hydrogen-bond donors (Lipinski definition) is 3. The average Bonchev–Trinajstić information content (AvgIpc) is 2.48. The Balaban J connectivity index is 2.18. The molecule has 0 aliphatic carbocycles. The lowest BCUT2D eigenvalue weighted by Crippen LogP contribution is -2.54. The maximum absolute atomic E-state index is 12.3. The van der Waals surface area contributed by atoms with Crippen molar-refractivity contribution in [3.63, 3.8) is 0 Å². The van der Waals surface area contributed by atoms with E-state index in [1.165, 1.54) is 16.8 Å². The number of unbranched alkanes of at least 4 members (excludes halogenated alkanes) is 1. The second kappa shape index (κ2) is 7.10. The average molecular weight is 324 g/mol. The van der Waals surface area contributed by atoms with Gasteiger partial charge in [0.15, 0.2) is 0 Å². The van der Waals surface area contributed by atoms with Gasteiger partial charge in [-0.15, -0.1) is 0 Å². The molecule has 1 amide bonds. The maximum atomic E-state index is 12.3. The van der Waals surface area contributed by atoms with Gasteiger partial charge in [0.05, 0.1) is 11.6 Å². The highest BCUT2D eigenvalue weighted by molar-refractivity contribution is 5.76. The van der Waals surface area contributed by atoms with Crippen molar-refractivity contribution < 1.29 is 9.90 Å². The molecule has 4 N–H and O–H groups in total. The number of aromatic nitrogens is 2. The van der Waals surface area contributed by atoms with E-state index in [-0.39, 0.29) is 12.5 Å². The van der Waals surface area contributed by atoms with Crippen LogP contribution in [0.2, 0.25) is 0 Å². The van der Waals surface area contributed by atoms with Crippen LogP contribution in [0.1, 0.15) is 38.6 Å². The van der Waals surface area contributed by atoms with Crippen molar-refractivity contribution in [2.24, 2.45) is 5.73 Å². The van der Waals surface area contributed by atoms with Gasteiger partial charge in [-0.3, -0.25) is 19.1 Å². The molecule has 1 aliphatic heterocycles. The Morgan fingerprint density at radius 2 is 2.22 bits per heavy atom. The predicted octanol–water partition coefficient (Wildman–Crippen LogP) is -0.810. The van der Waals surface area contributed by atoms with Crippen molar-refractivity contribution in [3.05, 3.63) is 33.1 Å². The summed E-state index contributed by atoms with van der Waals surface area (Å²) in [7, 11) is 0. The Labute approximate surface area is 133 Å². The summed E-state index contributed by atoms with van der Waals surface area (Å²) in [5, 5.41) is 10.6. The molecular weight excluding hydrogens is 300 g/mol. The number of rotatable bonds is 5. The first-order chi connectivity index (χ1) is 10.8. The minimum atomic E-state index is -1.13. The lowest BCUT2D eigenvalue weighted by atomic mass is 9.88. The Morgan fingerprint density at radius 3 is 2.87 bits per heavy atom. The Morgan fingerprint density at radius 1 is 1.48 bits per heavy atom. The first kappa shape index (κ1) is 17.4. The summed E-state index contributed by atoms with van der Waals surface area (Å²) in [4.78, 5) is 39.3. The molecule has 23 heavy (non-hydrogen) atoms. The molecule has 1 saturated heterocycles. The zero-order valence-corrected chi connectivity index (χ0v) is 13.3. The van der Waals surface area contributed by atoms with E-state index < -0.39 is 22.9 Å². The smallest absolute Gasteiger partial charge is 0.328 e. The minimum absolute atomic E-state index is 0.00331. The highest BCUT2D eigenvalue weighted by atomic mass is 16.3. The summed E-state index contributed by atoms with van der Waals surface area (Å²) in [5.74, 6) is -0.00331. The molecule has 8 heteroatoms. The van der Waals surface area contributed by atoms with Gasteiger partial charge in [0.25, 0.3) is 5.56 Å². The number of hydrogen-bond acceptors (Lipinski definition) is 5. The molecule has 1 aliphatic rings. The number of carbonyl (C=O) groups is 1. The molecule has 0 unspecified atom stereocenters. The second-order valence-corrected chi connectivity index (χ2v) is 6.23. The van der Waals surface area contributed by atoms with E-state index in [0.29, 0.717) is 25.9 Å². The number of aromatic amines is 1. The first-order valence-corrected chi connectivity index (χ1v) is 7.87. The molecule has 0 bridgehead atoms. The lowest BCUT2D eigenvalue weighted by molar-refractivity contribution is -0.138. The van der Waals surface area contributed by atoms with Gasteiger partial charge in [-0.25, -0.2) is 4.79 Å². The number of aliphatic hydroxyl groups is 1. The van der Waals surface area contributed by atoms with Crippen LogP contribution in [0, 0.1) is 0 Å². The quantitative estimate of drug-likeness (QED) is 0.612. The SMILES string of the molecule is C[C@@]1(O)CCN(C(=O)CCCCN)C[C@H]1n1ccc(=O)[nH]c1=O. The van der Waals surface area contributed by atoms with E-state index in [9.17, 15) is 19.5 Å². The monoisotopic (exact) mass is 324 g/mol. The zero-order valence-electron chi connectivity index (χ0n) is 13.3. The number of nitrogens with one attached hydrogen (secondary N) is 1. The van der Waals surface area contributed by atoms with Crippen molar-refractivity contribution in [3.8, 4) is 0 Å². The van der Waals surface area contributed by atoms with Crippen LogP contribution in [0.4, 0.5) is 0 Å². The van der Waals surface area contributed by atoms with Crippen molar-refractivity contribution in [2.75, 3.05) is 19.6 Å². The van der Waals surface area contributed by atoms with Crippen LogP contribution in [0.15, 0.2) is 21.9 Å². The topological polar surface area (TPSA) is 121 Å². The third-order valence-corrected chi connectivity index (χ3v) is 4.38. The van der Waals surface area contributed by atoms with Gasteiger partial charge in [0, 0.05) is 31.8 Å². The number of H-pyrrole nitrogens is 1. The van der Waals surface area contributed by atoms with Crippen molar-refractivity contribution in [1.29, 1.82) is 0 Å². The van der Waals surface area contributed by atoms with Crippen molar-refractivity contribution >= 4 is 5.91 Å². The number of likely N-dealkylation sites (tertiary alicyclic amines) is 1. The van der Waals surface area contributed by atoms with Crippen LogP contribution in [-0.2, 0) is 4.79 Å². The van der Waals surface area contributed by atoms with E-state index in [4.69, 9.17) is 5.73 Å². The van der Waals surface area contributed by atoms with Crippen LogP contribution in [0.5, 0.6) is 0 Å². The Bertz CT molecular complexity index is 664. The number of piperidine rings is 1. The van der Waals surface area contributed by atoms with Gasteiger partial charge in [-0.2, -0.15) is 0 Å². The third-order valence-electron chi connectivity index (χ3n) is 4.38. The van der Waals surface area contributed by atoms with E-state index in [1.807, 2.05) is 0 Å². The fourth-order valence-electron chi connectivity index (χ4n) is 2.89. The van der Waals surface area contributed by atoms with Crippen molar-refractivity contribution in [2.45, 2.75) is 44.2 Å². The third kappa shape index (κ3) is 4.08. The van der Waals surface area contributed by atoms with E-state index in [0.717, 1.165) is 12.8 Å². The molecule has 2 atom stereocenters. The highest BCUT2D eigenvalue weighted by Crippen LogP contribution is 2.30. The molecule has 1 fully saturated rings. The van der Waals surface area contributed by atoms with Gasteiger partial charge in [-0.05, 0) is 32.7 Å². The van der Waals surface area contributed by atoms with Crippen LogP contribution >= 0.6 is 0 Å². The lowest BCUT2D eigenvalue weighted by Gasteiger charge is -2.43. The standard InChI is InChI=1S/C15H24N4O4/c1-15(23)6-9-18(13(21)4-2-3-7-16)10-11(15)19-8-5-12(20)17-14(19)22/h5,8,11,23H,2-4,6-7,9-10,16H2,1H3,(H,17,20,22)/t11-,15-/m1/s1. The van der Waals surface area contributed by atoms with Crippen molar-refractivity contribution in [1.82, 2.24) is 14.5 Å². The first-order valence-electron chi connectivity index (χ1n) is 7.87. The summed E-state index contributed by atoms with van der Waals surface area (Å²) in [5.41, 5.74) is 3.23. The summed E-state index contributed by atoms with van der Waals surface area (Å²) in [6.07, 6.45) is 3.66. The molecule has 2 heterocycles. The largest absolute Gasteiger partial charge is 0.388 e. The predicted molar refractivity (Wildman–Crippen MR) is 85.1 cm³/mol. The molecule has 0 saturated carbocycles. The minimum Gasteiger partial charge on any atom is -0.388 e. The Hall–Kier alpha value is -1.93. The molecule has 128 valence electrons. The molecule has 1 aromatic rings. The second-order valence-electron chi connectivity index (χ2n) is 6.23. The van der Waals surface area contributed by atoms with Gasteiger partial charge in [0.1, 0.15) is 0 Å². The van der Waals surface area contributed by atoms with Gasteiger partial charge in [-0.1, -0.05) is 0 Å². The van der Waals surface area contributed by atoms with Gasteiger partial charge < -0.3 is 15.7 Å². The van der Waals surface area contributed by atoms with E-state index in [1.54, 1.807) is 11.8 Å². The van der Waals surface area contributed by atoms with Crippen LogP contribution in [-0.4, -0.2) is 50.7 Å². The molecule has 0 radical (unpaired) electrons. The molecule has 0 aromatic carbocycles. The molecule has 2 rings (SSSR count). The van der Waals surface area contributed by atoms with Crippen LogP contribution in [0.25, 0.3) is 0 Å².